The van der Waals surface area contributed by atoms with Crippen molar-refractivity contribution in [1.82, 2.24) is 15.2 Å². The molecule has 0 atom stereocenters. The highest BCUT2D eigenvalue weighted by Crippen LogP contribution is 2.27. The maximum absolute atomic E-state index is 6.17. The minimum Gasteiger partial charge on any atom is -0.489 e. The molecule has 0 saturated carbocycles. The van der Waals surface area contributed by atoms with Gasteiger partial charge in [0.05, 0.1) is 18.0 Å². The first-order chi connectivity index (χ1) is 12.6. The third-order valence-corrected chi connectivity index (χ3v) is 3.83. The van der Waals surface area contributed by atoms with Crippen molar-refractivity contribution in [2.45, 2.75) is 26.5 Å². The molecule has 0 spiro atoms. The predicted molar refractivity (Wildman–Crippen MR) is 104 cm³/mol. The minimum absolute atomic E-state index is 0.0781. The molecule has 134 valence electrons. The van der Waals surface area contributed by atoms with Crippen LogP contribution in [-0.2, 0) is 6.54 Å². The summed E-state index contributed by atoms with van der Waals surface area (Å²) in [5, 5.41) is 15.1. The van der Waals surface area contributed by atoms with Crippen molar-refractivity contribution < 1.29 is 4.74 Å². The van der Waals surface area contributed by atoms with Crippen LogP contribution in [0, 0.1) is 0 Å². The van der Waals surface area contributed by atoms with Crippen LogP contribution in [0.5, 0.6) is 5.75 Å². The monoisotopic (exact) mass is 369 g/mol. The largest absolute Gasteiger partial charge is 0.489 e. The molecule has 2 aromatic carbocycles. The summed E-state index contributed by atoms with van der Waals surface area (Å²) in [7, 11) is 0. The summed E-state index contributed by atoms with van der Waals surface area (Å²) in [5.41, 5.74) is 1.78. The highest BCUT2D eigenvalue weighted by molar-refractivity contribution is 6.31. The van der Waals surface area contributed by atoms with Gasteiger partial charge in [0, 0.05) is 11.6 Å². The molecule has 0 unspecified atom stereocenters. The topological polar surface area (TPSA) is 72.0 Å². The van der Waals surface area contributed by atoms with Gasteiger partial charge < -0.3 is 15.4 Å². The Balaban J connectivity index is 1.71. The van der Waals surface area contributed by atoms with Gasteiger partial charge in [0.1, 0.15) is 5.75 Å². The summed E-state index contributed by atoms with van der Waals surface area (Å²) in [6.45, 7) is 4.48. The van der Waals surface area contributed by atoms with Crippen LogP contribution in [0.3, 0.4) is 0 Å². The zero-order valence-corrected chi connectivity index (χ0v) is 15.4. The lowest BCUT2D eigenvalue weighted by atomic mass is 10.2. The molecule has 2 N–H and O–H groups in total. The van der Waals surface area contributed by atoms with Crippen LogP contribution in [0.1, 0.15) is 19.4 Å². The lowest BCUT2D eigenvalue weighted by Crippen LogP contribution is -2.09. The van der Waals surface area contributed by atoms with Crippen LogP contribution in [0.15, 0.2) is 54.7 Å². The lowest BCUT2D eigenvalue weighted by molar-refractivity contribution is 0.244. The third-order valence-electron chi connectivity index (χ3n) is 3.47. The minimum atomic E-state index is 0.0781. The Morgan fingerprint density at radius 3 is 2.65 bits per heavy atom. The van der Waals surface area contributed by atoms with Crippen LogP contribution in [-0.4, -0.2) is 21.3 Å². The number of nitrogens with zero attached hydrogens (tertiary/aromatic N) is 3. The quantitative estimate of drug-likeness (QED) is 0.630. The number of halogens is 1. The van der Waals surface area contributed by atoms with Gasteiger partial charge in [0.25, 0.3) is 0 Å². The first kappa shape index (κ1) is 17.9. The number of anilines is 3. The van der Waals surface area contributed by atoms with E-state index in [9.17, 15) is 0 Å². The van der Waals surface area contributed by atoms with Crippen molar-refractivity contribution in [3.8, 4) is 5.75 Å². The molecule has 0 saturated heterocycles. The fourth-order valence-corrected chi connectivity index (χ4v) is 2.52. The average Bonchev–Trinajstić information content (AvgIpc) is 2.63. The summed E-state index contributed by atoms with van der Waals surface area (Å²) in [5.74, 6) is 1.74. The molecule has 1 heterocycles. The fraction of sp³-hybridized carbons (Fsp3) is 0.211. The fourth-order valence-electron chi connectivity index (χ4n) is 2.32. The number of aromatic nitrogens is 3. The number of hydrogen-bond acceptors (Lipinski definition) is 6. The highest BCUT2D eigenvalue weighted by atomic mass is 35.5. The lowest BCUT2D eigenvalue weighted by Gasteiger charge is -2.15. The molecule has 1 aromatic heterocycles. The van der Waals surface area contributed by atoms with Crippen LogP contribution in [0.2, 0.25) is 5.02 Å². The molecule has 26 heavy (non-hydrogen) atoms. The van der Waals surface area contributed by atoms with Crippen LogP contribution in [0.25, 0.3) is 0 Å². The standard InChI is InChI=1S/C19H20ClN5O/c1-13(2)26-17-10-6-5-9-16(17)23-18-12-22-25-19(24-18)21-11-14-7-3-4-8-15(14)20/h3-10,12-13H,11H2,1-2H3,(H2,21,23,24,25). The Kier molecular flexibility index (Phi) is 5.86. The van der Waals surface area contributed by atoms with Crippen molar-refractivity contribution in [2.24, 2.45) is 0 Å². The molecule has 3 rings (SSSR count). The van der Waals surface area contributed by atoms with Gasteiger partial charge in [-0.2, -0.15) is 10.1 Å². The molecule has 0 amide bonds. The van der Waals surface area contributed by atoms with Gasteiger partial charge in [0.2, 0.25) is 5.95 Å². The van der Waals surface area contributed by atoms with Crippen LogP contribution >= 0.6 is 11.6 Å². The molecule has 0 bridgehead atoms. The molecule has 0 aliphatic rings. The van der Waals surface area contributed by atoms with Gasteiger partial charge in [-0.3, -0.25) is 0 Å². The van der Waals surface area contributed by atoms with E-state index < -0.39 is 0 Å². The number of ether oxygens (including phenoxy) is 1. The van der Waals surface area contributed by atoms with E-state index in [1.165, 1.54) is 0 Å². The smallest absolute Gasteiger partial charge is 0.244 e. The SMILES string of the molecule is CC(C)Oc1ccccc1Nc1cnnc(NCc2ccccc2Cl)n1. The summed E-state index contributed by atoms with van der Waals surface area (Å²) in [6.07, 6.45) is 1.64. The Morgan fingerprint density at radius 1 is 1.08 bits per heavy atom. The summed E-state index contributed by atoms with van der Waals surface area (Å²) >= 11 is 6.17. The predicted octanol–water partition coefficient (Wildman–Crippen LogP) is 4.67. The third kappa shape index (κ3) is 4.83. The Hall–Kier alpha value is -2.86. The van der Waals surface area contributed by atoms with Crippen molar-refractivity contribution in [1.29, 1.82) is 0 Å². The van der Waals surface area contributed by atoms with Crippen LogP contribution in [0.4, 0.5) is 17.5 Å². The molecular formula is C19H20ClN5O. The average molecular weight is 370 g/mol. The zero-order valence-electron chi connectivity index (χ0n) is 14.6. The van der Waals surface area contributed by atoms with Crippen molar-refractivity contribution in [2.75, 3.05) is 10.6 Å². The Morgan fingerprint density at radius 2 is 1.85 bits per heavy atom. The second kappa shape index (κ2) is 8.49. The summed E-state index contributed by atoms with van der Waals surface area (Å²) in [4.78, 5) is 4.44. The molecule has 0 aliphatic heterocycles. The van der Waals surface area contributed by atoms with E-state index in [1.807, 2.05) is 62.4 Å². The molecule has 7 heteroatoms. The maximum Gasteiger partial charge on any atom is 0.244 e. The van der Waals surface area contributed by atoms with Crippen LogP contribution < -0.4 is 15.4 Å². The number of para-hydroxylation sites is 2. The van der Waals surface area contributed by atoms with E-state index in [0.29, 0.717) is 23.3 Å². The van der Waals surface area contributed by atoms with Crippen molar-refractivity contribution >= 4 is 29.1 Å². The van der Waals surface area contributed by atoms with E-state index in [2.05, 4.69) is 25.8 Å². The Labute approximate surface area is 157 Å². The van der Waals surface area contributed by atoms with Gasteiger partial charge in [-0.25, -0.2) is 0 Å². The van der Waals surface area contributed by atoms with Gasteiger partial charge in [0.15, 0.2) is 5.82 Å². The Bertz CT molecular complexity index is 872. The van der Waals surface area contributed by atoms with Gasteiger partial charge in [-0.15, -0.1) is 5.10 Å². The van der Waals surface area contributed by atoms with Crippen molar-refractivity contribution in [3.05, 3.63) is 65.3 Å². The van der Waals surface area contributed by atoms with E-state index in [0.717, 1.165) is 17.0 Å². The molecule has 0 fully saturated rings. The first-order valence-electron chi connectivity index (χ1n) is 8.31. The summed E-state index contributed by atoms with van der Waals surface area (Å²) < 4.78 is 5.81. The summed E-state index contributed by atoms with van der Waals surface area (Å²) in [6, 6.07) is 15.3. The van der Waals surface area contributed by atoms with E-state index >= 15 is 0 Å². The molecule has 6 nitrogen and oxygen atoms in total. The van der Waals surface area contributed by atoms with E-state index in [-0.39, 0.29) is 6.10 Å². The maximum atomic E-state index is 6.17. The van der Waals surface area contributed by atoms with E-state index in [1.54, 1.807) is 6.20 Å². The number of rotatable bonds is 7. The zero-order chi connectivity index (χ0) is 18.4. The molecule has 0 radical (unpaired) electrons. The second-order valence-electron chi connectivity index (χ2n) is 5.90. The van der Waals surface area contributed by atoms with Crippen molar-refractivity contribution in [3.63, 3.8) is 0 Å². The first-order valence-corrected chi connectivity index (χ1v) is 8.69. The number of hydrogen-bond donors (Lipinski definition) is 2. The molecular weight excluding hydrogens is 350 g/mol. The number of nitrogens with one attached hydrogen (secondary N) is 2. The second-order valence-corrected chi connectivity index (χ2v) is 6.31. The van der Waals surface area contributed by atoms with Gasteiger partial charge in [-0.1, -0.05) is 41.9 Å². The van der Waals surface area contributed by atoms with Gasteiger partial charge >= 0.3 is 0 Å². The normalized spacial score (nSPS) is 10.6. The highest BCUT2D eigenvalue weighted by Gasteiger charge is 2.08. The molecule has 0 aliphatic carbocycles. The number of benzene rings is 2. The van der Waals surface area contributed by atoms with Gasteiger partial charge in [-0.05, 0) is 37.6 Å². The van der Waals surface area contributed by atoms with E-state index in [4.69, 9.17) is 16.3 Å². The molecule has 3 aromatic rings.